The fourth-order valence-corrected chi connectivity index (χ4v) is 3.98. The predicted octanol–water partition coefficient (Wildman–Crippen LogP) is 3.29. The Bertz CT molecular complexity index is 733. The number of amides is 1. The van der Waals surface area contributed by atoms with Gasteiger partial charge in [0.25, 0.3) is 0 Å². The fraction of sp³-hybridized carbons (Fsp3) is 0.579. The number of hydrogen-bond acceptors (Lipinski definition) is 3. The molecule has 0 spiro atoms. The van der Waals surface area contributed by atoms with Gasteiger partial charge in [0, 0.05) is 19.2 Å². The summed E-state index contributed by atoms with van der Waals surface area (Å²) in [6.07, 6.45) is 5.50. The molecule has 1 aromatic carbocycles. The molecule has 3 heterocycles. The van der Waals surface area contributed by atoms with Crippen LogP contribution in [0.25, 0.3) is 11.0 Å². The highest BCUT2D eigenvalue weighted by Gasteiger charge is 2.28. The molecule has 2 fully saturated rings. The van der Waals surface area contributed by atoms with Gasteiger partial charge >= 0.3 is 0 Å². The van der Waals surface area contributed by atoms with E-state index >= 15 is 0 Å². The maximum atomic E-state index is 12.9. The lowest BCUT2D eigenvalue weighted by Crippen LogP contribution is -2.43. The lowest BCUT2D eigenvalue weighted by molar-refractivity contribution is -0.135. The zero-order valence-electron chi connectivity index (χ0n) is 14.3. The molecular formula is C19H25N3O2. The Labute approximate surface area is 142 Å². The summed E-state index contributed by atoms with van der Waals surface area (Å²) in [6.45, 7) is 4.18. The van der Waals surface area contributed by atoms with E-state index < -0.39 is 0 Å². The van der Waals surface area contributed by atoms with Gasteiger partial charge in [0.1, 0.15) is 18.5 Å². The second kappa shape index (κ2) is 6.55. The number of benzene rings is 1. The maximum absolute atomic E-state index is 12.9. The Balaban J connectivity index is 1.66. The molecule has 2 atom stereocenters. The molecule has 0 bridgehead atoms. The molecule has 128 valence electrons. The number of nitrogens with zero attached hydrogens (tertiary/aromatic N) is 3. The van der Waals surface area contributed by atoms with E-state index in [4.69, 9.17) is 9.72 Å². The van der Waals surface area contributed by atoms with Crippen molar-refractivity contribution in [1.82, 2.24) is 14.5 Å². The molecule has 2 saturated heterocycles. The number of aromatic nitrogens is 2. The van der Waals surface area contributed by atoms with Crippen LogP contribution in [-0.2, 0) is 16.1 Å². The highest BCUT2D eigenvalue weighted by molar-refractivity contribution is 5.81. The largest absolute Gasteiger partial charge is 0.370 e. The molecule has 5 heteroatoms. The van der Waals surface area contributed by atoms with Crippen molar-refractivity contribution >= 4 is 16.9 Å². The van der Waals surface area contributed by atoms with Gasteiger partial charge in [0.2, 0.25) is 5.91 Å². The van der Waals surface area contributed by atoms with Crippen LogP contribution in [0.1, 0.15) is 51.0 Å². The van der Waals surface area contributed by atoms with Crippen LogP contribution in [0.15, 0.2) is 24.3 Å². The number of carbonyl (C=O) groups excluding carboxylic acids is 1. The third-order valence-corrected chi connectivity index (χ3v) is 5.32. The molecule has 2 unspecified atom stereocenters. The number of hydrogen-bond donors (Lipinski definition) is 0. The van der Waals surface area contributed by atoms with Crippen LogP contribution in [0.2, 0.25) is 0 Å². The van der Waals surface area contributed by atoms with Crippen molar-refractivity contribution in [3.63, 3.8) is 0 Å². The van der Waals surface area contributed by atoms with Gasteiger partial charge in [-0.15, -0.1) is 0 Å². The number of piperidine rings is 1. The molecular weight excluding hydrogens is 302 g/mol. The van der Waals surface area contributed by atoms with Gasteiger partial charge in [-0.25, -0.2) is 4.98 Å². The Morgan fingerprint density at radius 2 is 2.12 bits per heavy atom. The van der Waals surface area contributed by atoms with E-state index in [-0.39, 0.29) is 12.0 Å². The van der Waals surface area contributed by atoms with Gasteiger partial charge in [0.05, 0.1) is 11.0 Å². The Kier molecular flexibility index (Phi) is 4.27. The Hall–Kier alpha value is -1.88. The lowest BCUT2D eigenvalue weighted by Gasteiger charge is -2.33. The number of rotatable bonds is 3. The lowest BCUT2D eigenvalue weighted by atomic mass is 10.0. The van der Waals surface area contributed by atoms with E-state index in [1.807, 2.05) is 29.2 Å². The molecule has 5 nitrogen and oxygen atoms in total. The second-order valence-corrected chi connectivity index (χ2v) is 6.98. The van der Waals surface area contributed by atoms with E-state index in [1.165, 1.54) is 6.42 Å². The molecule has 0 radical (unpaired) electrons. The van der Waals surface area contributed by atoms with Crippen LogP contribution in [0, 0.1) is 0 Å². The van der Waals surface area contributed by atoms with Crippen LogP contribution in [0.5, 0.6) is 0 Å². The molecule has 1 amide bonds. The standard InChI is InChI=1S/C19H25N3O2/c1-14-7-4-5-11-21(14)18(23)13-22-16-9-3-2-8-15(16)20-19(22)17-10-6-12-24-17/h2-3,8-9,14,17H,4-7,10-13H2,1H3. The first-order valence-corrected chi connectivity index (χ1v) is 9.10. The minimum atomic E-state index is 0.0176. The van der Waals surface area contributed by atoms with Crippen LogP contribution < -0.4 is 0 Å². The first kappa shape index (κ1) is 15.6. The van der Waals surface area contributed by atoms with Gasteiger partial charge in [-0.05, 0) is 51.2 Å². The van der Waals surface area contributed by atoms with E-state index in [0.717, 1.165) is 55.7 Å². The summed E-state index contributed by atoms with van der Waals surface area (Å²) < 4.78 is 7.93. The quantitative estimate of drug-likeness (QED) is 0.869. The maximum Gasteiger partial charge on any atom is 0.242 e. The summed E-state index contributed by atoms with van der Waals surface area (Å²) in [5.41, 5.74) is 1.98. The van der Waals surface area contributed by atoms with Gasteiger partial charge in [-0.3, -0.25) is 4.79 Å². The van der Waals surface area contributed by atoms with Crippen molar-refractivity contribution in [3.05, 3.63) is 30.1 Å². The summed E-state index contributed by atoms with van der Waals surface area (Å²) in [5.74, 6) is 1.11. The van der Waals surface area contributed by atoms with Crippen molar-refractivity contribution in [2.75, 3.05) is 13.2 Å². The van der Waals surface area contributed by atoms with Gasteiger partial charge in [-0.2, -0.15) is 0 Å². The molecule has 4 rings (SSSR count). The summed E-state index contributed by atoms with van der Waals surface area (Å²) in [6, 6.07) is 8.40. The first-order valence-electron chi connectivity index (χ1n) is 9.10. The smallest absolute Gasteiger partial charge is 0.242 e. The van der Waals surface area contributed by atoms with Crippen LogP contribution in [0.3, 0.4) is 0 Å². The topological polar surface area (TPSA) is 47.4 Å². The van der Waals surface area contributed by atoms with Crippen molar-refractivity contribution in [1.29, 1.82) is 0 Å². The number of ether oxygens (including phenoxy) is 1. The average Bonchev–Trinajstić information content (AvgIpc) is 3.23. The highest BCUT2D eigenvalue weighted by atomic mass is 16.5. The zero-order valence-corrected chi connectivity index (χ0v) is 14.3. The minimum absolute atomic E-state index is 0.0176. The SMILES string of the molecule is CC1CCCCN1C(=O)Cn1c(C2CCCO2)nc2ccccc21. The molecule has 0 aliphatic carbocycles. The second-order valence-electron chi connectivity index (χ2n) is 6.98. The highest BCUT2D eigenvalue weighted by Crippen LogP contribution is 2.31. The van der Waals surface area contributed by atoms with Gasteiger partial charge in [-0.1, -0.05) is 12.1 Å². The average molecular weight is 327 g/mol. The Morgan fingerprint density at radius 1 is 1.25 bits per heavy atom. The zero-order chi connectivity index (χ0) is 16.5. The number of para-hydroxylation sites is 2. The van der Waals surface area contributed by atoms with Crippen molar-refractivity contribution in [3.8, 4) is 0 Å². The van der Waals surface area contributed by atoms with Crippen molar-refractivity contribution in [2.24, 2.45) is 0 Å². The first-order chi connectivity index (χ1) is 11.7. The van der Waals surface area contributed by atoms with E-state index in [1.54, 1.807) is 0 Å². The van der Waals surface area contributed by atoms with E-state index in [0.29, 0.717) is 12.6 Å². The van der Waals surface area contributed by atoms with Crippen LogP contribution >= 0.6 is 0 Å². The molecule has 0 N–H and O–H groups in total. The summed E-state index contributed by atoms with van der Waals surface area (Å²) in [7, 11) is 0. The van der Waals surface area contributed by atoms with Gasteiger partial charge in [0.15, 0.2) is 0 Å². The monoisotopic (exact) mass is 327 g/mol. The van der Waals surface area contributed by atoms with Crippen LogP contribution in [-0.4, -0.2) is 39.6 Å². The van der Waals surface area contributed by atoms with Crippen molar-refractivity contribution < 1.29 is 9.53 Å². The number of carbonyl (C=O) groups is 1. The van der Waals surface area contributed by atoms with E-state index in [2.05, 4.69) is 11.5 Å². The summed E-state index contributed by atoms with van der Waals surface area (Å²) in [4.78, 5) is 19.7. The molecule has 0 saturated carbocycles. The molecule has 2 aliphatic rings. The van der Waals surface area contributed by atoms with E-state index in [9.17, 15) is 4.79 Å². The summed E-state index contributed by atoms with van der Waals surface area (Å²) in [5, 5.41) is 0. The number of fused-ring (bicyclic) bond motifs is 1. The Morgan fingerprint density at radius 3 is 2.92 bits per heavy atom. The molecule has 1 aromatic heterocycles. The molecule has 2 aromatic rings. The predicted molar refractivity (Wildman–Crippen MR) is 92.7 cm³/mol. The summed E-state index contributed by atoms with van der Waals surface area (Å²) >= 11 is 0. The normalized spacial score (nSPS) is 24.6. The fourth-order valence-electron chi connectivity index (χ4n) is 3.98. The number of likely N-dealkylation sites (tertiary alicyclic amines) is 1. The van der Waals surface area contributed by atoms with Crippen molar-refractivity contribution in [2.45, 2.75) is 57.7 Å². The molecule has 24 heavy (non-hydrogen) atoms. The van der Waals surface area contributed by atoms with Crippen LogP contribution in [0.4, 0.5) is 0 Å². The third-order valence-electron chi connectivity index (χ3n) is 5.32. The molecule has 2 aliphatic heterocycles. The van der Waals surface area contributed by atoms with Gasteiger partial charge < -0.3 is 14.2 Å². The third kappa shape index (κ3) is 2.81. The number of imidazole rings is 1. The minimum Gasteiger partial charge on any atom is -0.370 e.